The first-order valence-electron chi connectivity index (χ1n) is 13.5. The predicted molar refractivity (Wildman–Crippen MR) is 149 cm³/mol. The number of allylic oxidation sites excluding steroid dienone is 2. The highest BCUT2D eigenvalue weighted by atomic mass is 16.7. The molecule has 1 aliphatic carbocycles. The van der Waals surface area contributed by atoms with Gasteiger partial charge >= 0.3 is 0 Å². The number of amides is 1. The Bertz CT molecular complexity index is 1230. The molecule has 2 atom stereocenters. The van der Waals surface area contributed by atoms with Crippen molar-refractivity contribution in [3.05, 3.63) is 81.8 Å². The molecular weight excluding hydrogens is 498 g/mol. The van der Waals surface area contributed by atoms with E-state index in [0.717, 1.165) is 37.8 Å². The van der Waals surface area contributed by atoms with Crippen molar-refractivity contribution in [2.75, 3.05) is 31.7 Å². The Morgan fingerprint density at radius 2 is 1.82 bits per heavy atom. The highest BCUT2D eigenvalue weighted by Gasteiger charge is 2.31. The van der Waals surface area contributed by atoms with Crippen LogP contribution in [0.15, 0.2) is 65.0 Å². The van der Waals surface area contributed by atoms with Crippen LogP contribution in [0.5, 0.6) is 0 Å². The Morgan fingerprint density at radius 1 is 1.08 bits per heavy atom. The molecule has 2 heterocycles. The van der Waals surface area contributed by atoms with E-state index < -0.39 is 6.29 Å². The number of rotatable bonds is 14. The van der Waals surface area contributed by atoms with Gasteiger partial charge < -0.3 is 31.6 Å². The van der Waals surface area contributed by atoms with E-state index >= 15 is 0 Å². The van der Waals surface area contributed by atoms with Gasteiger partial charge in [0, 0.05) is 30.9 Å². The van der Waals surface area contributed by atoms with Gasteiger partial charge in [-0.15, -0.1) is 0 Å². The van der Waals surface area contributed by atoms with E-state index in [2.05, 4.69) is 20.9 Å². The molecule has 2 aliphatic rings. The molecule has 0 saturated carbocycles. The minimum absolute atomic E-state index is 0.0214. The van der Waals surface area contributed by atoms with Crippen LogP contribution in [0.3, 0.4) is 0 Å². The number of hydrogen-bond acceptors (Lipinski definition) is 9. The molecule has 4 rings (SSSR count). The smallest absolute Gasteiger partial charge is 0.293 e. The van der Waals surface area contributed by atoms with Gasteiger partial charge in [-0.1, -0.05) is 43.7 Å². The number of aromatic nitrogens is 2. The number of ether oxygens (including phenoxy) is 2. The zero-order valence-corrected chi connectivity index (χ0v) is 22.4. The number of unbranched alkanes of at least 4 members (excludes halogenated alkanes) is 2. The topological polar surface area (TPSA) is 159 Å². The SMILES string of the molecule is CC1C=C2OCOC2=CC1c1cnc(NCCc2ccccc2)c(=O)n1CC(=O)NCCCCCNC(N)N. The quantitative estimate of drug-likeness (QED) is 0.178. The van der Waals surface area contributed by atoms with Crippen molar-refractivity contribution in [1.29, 1.82) is 0 Å². The molecule has 7 N–H and O–H groups in total. The van der Waals surface area contributed by atoms with Crippen LogP contribution in [0.4, 0.5) is 5.82 Å². The third-order valence-corrected chi connectivity index (χ3v) is 6.82. The summed E-state index contributed by atoms with van der Waals surface area (Å²) in [6.07, 6.45) is 8.47. The summed E-state index contributed by atoms with van der Waals surface area (Å²) < 4.78 is 12.6. The van der Waals surface area contributed by atoms with Crippen LogP contribution in [0.1, 0.15) is 43.4 Å². The number of nitrogens with two attached hydrogens (primary N) is 2. The van der Waals surface area contributed by atoms with E-state index in [1.807, 2.05) is 49.4 Å². The number of hydrogen-bond donors (Lipinski definition) is 5. The van der Waals surface area contributed by atoms with Gasteiger partial charge in [0.2, 0.25) is 12.7 Å². The van der Waals surface area contributed by atoms with Crippen molar-refractivity contribution in [3.8, 4) is 0 Å². The largest absolute Gasteiger partial charge is 0.454 e. The van der Waals surface area contributed by atoms with Gasteiger partial charge in [-0.3, -0.25) is 19.5 Å². The van der Waals surface area contributed by atoms with Crippen molar-refractivity contribution < 1.29 is 14.3 Å². The fourth-order valence-electron chi connectivity index (χ4n) is 4.71. The molecule has 11 nitrogen and oxygen atoms in total. The van der Waals surface area contributed by atoms with Crippen molar-refractivity contribution in [2.45, 2.75) is 51.4 Å². The second-order valence-electron chi connectivity index (χ2n) is 9.83. The zero-order valence-electron chi connectivity index (χ0n) is 22.4. The third kappa shape index (κ3) is 7.92. The van der Waals surface area contributed by atoms with Crippen LogP contribution in [0.25, 0.3) is 0 Å². The molecule has 39 heavy (non-hydrogen) atoms. The highest BCUT2D eigenvalue weighted by Crippen LogP contribution is 2.37. The van der Waals surface area contributed by atoms with Crippen molar-refractivity contribution in [3.63, 3.8) is 0 Å². The van der Waals surface area contributed by atoms with Crippen LogP contribution in [-0.4, -0.2) is 48.2 Å². The van der Waals surface area contributed by atoms with Crippen LogP contribution in [-0.2, 0) is 27.2 Å². The number of benzene rings is 1. The number of nitrogens with zero attached hydrogens (tertiary/aromatic N) is 2. The van der Waals surface area contributed by atoms with Gasteiger partial charge in [0.05, 0.1) is 0 Å². The maximum atomic E-state index is 13.6. The van der Waals surface area contributed by atoms with E-state index in [1.165, 1.54) is 4.57 Å². The first-order valence-corrected chi connectivity index (χ1v) is 13.5. The van der Waals surface area contributed by atoms with E-state index in [1.54, 1.807) is 6.20 Å². The Morgan fingerprint density at radius 3 is 2.59 bits per heavy atom. The van der Waals surface area contributed by atoms with Crippen LogP contribution < -0.4 is 33.0 Å². The normalized spacial score (nSPS) is 18.1. The molecule has 1 saturated heterocycles. The monoisotopic (exact) mass is 537 g/mol. The molecule has 1 amide bonds. The Labute approximate surface area is 228 Å². The lowest BCUT2D eigenvalue weighted by Crippen LogP contribution is -2.45. The maximum absolute atomic E-state index is 13.6. The summed E-state index contributed by atoms with van der Waals surface area (Å²) >= 11 is 0. The molecule has 0 bridgehead atoms. The predicted octanol–water partition coefficient (Wildman–Crippen LogP) is 1.48. The first-order chi connectivity index (χ1) is 18.9. The van der Waals surface area contributed by atoms with E-state index in [-0.39, 0.29) is 42.5 Å². The summed E-state index contributed by atoms with van der Waals surface area (Å²) in [6, 6.07) is 10.0. The molecule has 1 aliphatic heterocycles. The summed E-state index contributed by atoms with van der Waals surface area (Å²) in [5.74, 6) is 1.18. The summed E-state index contributed by atoms with van der Waals surface area (Å²) in [5, 5.41) is 9.06. The summed E-state index contributed by atoms with van der Waals surface area (Å²) in [7, 11) is 0. The molecule has 0 spiro atoms. The summed E-state index contributed by atoms with van der Waals surface area (Å²) in [5.41, 5.74) is 12.4. The fraction of sp³-hybridized carbons (Fsp3) is 0.464. The summed E-state index contributed by atoms with van der Waals surface area (Å²) in [4.78, 5) is 31.0. The Hall–Kier alpha value is -3.67. The standard InChI is InChI=1S/C28H39N7O4/c1-19-14-23-24(39-18-38-23)15-21(19)22-16-34-26(32-13-10-20-8-4-2-5-9-20)27(37)35(22)17-25(36)31-11-6-3-7-12-33-28(29)30/h2,4-5,8-9,14-16,19,21,28,33H,3,6-7,10-13,17-18,29-30H2,1H3,(H,31,36)(H,32,34). The molecule has 1 fully saturated rings. The van der Waals surface area contributed by atoms with Crippen molar-refractivity contribution in [1.82, 2.24) is 20.2 Å². The average molecular weight is 538 g/mol. The molecule has 2 unspecified atom stereocenters. The number of carbonyl (C=O) groups is 1. The first kappa shape index (κ1) is 28.3. The zero-order chi connectivity index (χ0) is 27.6. The Kier molecular flexibility index (Phi) is 10.1. The van der Waals surface area contributed by atoms with Crippen LogP contribution in [0.2, 0.25) is 0 Å². The van der Waals surface area contributed by atoms with E-state index in [4.69, 9.17) is 20.9 Å². The second kappa shape index (κ2) is 13.9. The lowest BCUT2D eigenvalue weighted by Gasteiger charge is -2.25. The van der Waals surface area contributed by atoms with Crippen LogP contribution in [0, 0.1) is 5.92 Å². The third-order valence-electron chi connectivity index (χ3n) is 6.82. The summed E-state index contributed by atoms with van der Waals surface area (Å²) in [6.45, 7) is 3.90. The molecule has 210 valence electrons. The van der Waals surface area contributed by atoms with Gasteiger partial charge in [0.1, 0.15) is 12.8 Å². The average Bonchev–Trinajstić information content (AvgIpc) is 3.37. The minimum Gasteiger partial charge on any atom is -0.454 e. The van der Waals surface area contributed by atoms with E-state index in [0.29, 0.717) is 30.3 Å². The lowest BCUT2D eigenvalue weighted by molar-refractivity contribution is -0.121. The lowest BCUT2D eigenvalue weighted by atomic mass is 9.86. The molecule has 2 aromatic rings. The van der Waals surface area contributed by atoms with Gasteiger partial charge in [0.15, 0.2) is 17.3 Å². The number of carbonyl (C=O) groups excluding carboxylic acids is 1. The molecular formula is C28H39N7O4. The molecule has 1 aromatic heterocycles. The fourth-order valence-corrected chi connectivity index (χ4v) is 4.71. The number of anilines is 1. The van der Waals surface area contributed by atoms with Crippen molar-refractivity contribution in [2.24, 2.45) is 17.4 Å². The van der Waals surface area contributed by atoms with Crippen LogP contribution >= 0.6 is 0 Å². The molecule has 11 heteroatoms. The van der Waals surface area contributed by atoms with Crippen molar-refractivity contribution >= 4 is 11.7 Å². The van der Waals surface area contributed by atoms with Gasteiger partial charge in [-0.25, -0.2) is 4.98 Å². The maximum Gasteiger partial charge on any atom is 0.293 e. The number of nitrogens with one attached hydrogen (secondary N) is 3. The van der Waals surface area contributed by atoms with Gasteiger partial charge in [-0.05, 0) is 49.4 Å². The highest BCUT2D eigenvalue weighted by molar-refractivity contribution is 5.75. The second-order valence-corrected chi connectivity index (χ2v) is 9.83. The molecule has 1 aromatic carbocycles. The number of fused-ring (bicyclic) bond motifs is 1. The van der Waals surface area contributed by atoms with Gasteiger partial charge in [-0.2, -0.15) is 0 Å². The van der Waals surface area contributed by atoms with E-state index in [9.17, 15) is 9.59 Å². The minimum atomic E-state index is -0.521. The molecule has 0 radical (unpaired) electrons. The van der Waals surface area contributed by atoms with Gasteiger partial charge in [0.25, 0.3) is 5.56 Å². The Balaban J connectivity index is 1.45.